The summed E-state index contributed by atoms with van der Waals surface area (Å²) in [6.45, 7) is 5.81. The first-order valence-corrected chi connectivity index (χ1v) is 12.8. The van der Waals surface area contributed by atoms with Crippen molar-refractivity contribution >= 4 is 35.4 Å². The van der Waals surface area contributed by atoms with Crippen LogP contribution in [0.5, 0.6) is 0 Å². The molecule has 0 saturated heterocycles. The molecule has 0 radical (unpaired) electrons. The minimum Gasteiger partial charge on any atom is -0.426 e. The monoisotopic (exact) mass is 516 g/mol. The van der Waals surface area contributed by atoms with Crippen LogP contribution in [0.3, 0.4) is 0 Å². The number of carbonyl (C=O) groups excluding carboxylic acids is 2. The van der Waals surface area contributed by atoms with Crippen molar-refractivity contribution < 1.29 is 24.5 Å². The Hall–Kier alpha value is -3.76. The van der Waals surface area contributed by atoms with Gasteiger partial charge in [0, 0.05) is 23.9 Å². The summed E-state index contributed by atoms with van der Waals surface area (Å²) >= 11 is 0. The molecule has 9 nitrogen and oxygen atoms in total. The Morgan fingerprint density at radius 1 is 1.05 bits per heavy atom. The molecule has 0 spiro atoms. The number of rotatable bonds is 10. The highest BCUT2D eigenvalue weighted by Crippen LogP contribution is 2.39. The van der Waals surface area contributed by atoms with E-state index in [0.29, 0.717) is 17.8 Å². The quantitative estimate of drug-likeness (QED) is 0.307. The Bertz CT molecular complexity index is 1310. The van der Waals surface area contributed by atoms with Crippen LogP contribution >= 0.6 is 0 Å². The number of hydrogen-bond acceptors (Lipinski definition) is 7. The van der Waals surface area contributed by atoms with Gasteiger partial charge < -0.3 is 25.5 Å². The number of carbonyl (C=O) groups is 2. The average molecular weight is 516 g/mol. The van der Waals surface area contributed by atoms with Gasteiger partial charge in [-0.1, -0.05) is 80.5 Å². The van der Waals surface area contributed by atoms with Gasteiger partial charge in [-0.25, -0.2) is 0 Å². The van der Waals surface area contributed by atoms with Crippen molar-refractivity contribution in [2.75, 3.05) is 6.54 Å². The number of aromatic nitrogens is 1. The Labute approximate surface area is 222 Å². The molecule has 0 fully saturated rings. The van der Waals surface area contributed by atoms with E-state index in [1.54, 1.807) is 6.20 Å². The van der Waals surface area contributed by atoms with Gasteiger partial charge in [0.2, 0.25) is 5.60 Å². The van der Waals surface area contributed by atoms with Crippen LogP contribution in [0.4, 0.5) is 0 Å². The Morgan fingerprint density at radius 2 is 1.76 bits per heavy atom. The van der Waals surface area contributed by atoms with Crippen LogP contribution in [0.15, 0.2) is 72.0 Å². The molecule has 2 unspecified atom stereocenters. The number of benzene rings is 2. The van der Waals surface area contributed by atoms with Crippen molar-refractivity contribution in [1.82, 2.24) is 15.6 Å². The molecule has 38 heavy (non-hydrogen) atoms. The highest BCUT2D eigenvalue weighted by atomic mass is 16.7. The van der Waals surface area contributed by atoms with E-state index in [0.717, 1.165) is 16.3 Å². The summed E-state index contributed by atoms with van der Waals surface area (Å²) in [5.74, 6) is -2.02. The van der Waals surface area contributed by atoms with E-state index in [-0.39, 0.29) is 24.8 Å². The number of amides is 2. The summed E-state index contributed by atoms with van der Waals surface area (Å²) in [5.41, 5.74) is 0.232. The molecule has 4 rings (SSSR count). The molecular formula is C28H33BN4O5. The van der Waals surface area contributed by atoms with Crippen LogP contribution in [0.1, 0.15) is 55.6 Å². The Kier molecular flexibility index (Phi) is 8.43. The van der Waals surface area contributed by atoms with E-state index in [2.05, 4.69) is 20.8 Å². The second-order valence-corrected chi connectivity index (χ2v) is 10.1. The van der Waals surface area contributed by atoms with E-state index in [9.17, 15) is 19.6 Å². The zero-order valence-corrected chi connectivity index (χ0v) is 21.8. The lowest BCUT2D eigenvalue weighted by atomic mass is 9.73. The maximum absolute atomic E-state index is 13.7. The number of hydrogen-bond donors (Lipinski definition) is 4. The Balaban J connectivity index is 1.53. The molecule has 198 valence electrons. The molecule has 10 heteroatoms. The predicted octanol–water partition coefficient (Wildman–Crippen LogP) is 2.83. The summed E-state index contributed by atoms with van der Waals surface area (Å²) < 4.78 is 0. The summed E-state index contributed by atoms with van der Waals surface area (Å²) in [4.78, 5) is 36.8. The SMILES string of the molecule is CC(C)C[C@H](NC(=O)C1(C(C)c2ccccc2)CC(CNC(=O)c2nccc3ccccc23)=NO1)B(O)O. The first kappa shape index (κ1) is 27.3. The highest BCUT2D eigenvalue weighted by molar-refractivity contribution is 6.43. The van der Waals surface area contributed by atoms with Gasteiger partial charge in [-0.05, 0) is 29.4 Å². The molecule has 3 atom stereocenters. The minimum atomic E-state index is -1.72. The Morgan fingerprint density at radius 3 is 2.47 bits per heavy atom. The highest BCUT2D eigenvalue weighted by Gasteiger charge is 2.52. The predicted molar refractivity (Wildman–Crippen MR) is 146 cm³/mol. The number of nitrogens with zero attached hydrogens (tertiary/aromatic N) is 2. The van der Waals surface area contributed by atoms with Gasteiger partial charge in [-0.2, -0.15) is 0 Å². The van der Waals surface area contributed by atoms with Crippen LogP contribution in [0.25, 0.3) is 10.8 Å². The van der Waals surface area contributed by atoms with Crippen LogP contribution in [-0.2, 0) is 9.63 Å². The zero-order chi connectivity index (χ0) is 27.3. The van der Waals surface area contributed by atoms with Crippen LogP contribution in [0, 0.1) is 5.92 Å². The third kappa shape index (κ3) is 5.87. The van der Waals surface area contributed by atoms with Gasteiger partial charge in [0.1, 0.15) is 5.69 Å². The third-order valence-corrected chi connectivity index (χ3v) is 6.93. The molecule has 1 aliphatic rings. The molecule has 1 aliphatic heterocycles. The van der Waals surface area contributed by atoms with E-state index in [1.807, 2.05) is 81.4 Å². The lowest BCUT2D eigenvalue weighted by Crippen LogP contribution is -2.57. The summed E-state index contributed by atoms with van der Waals surface area (Å²) in [5, 5.41) is 31.2. The van der Waals surface area contributed by atoms with Crippen molar-refractivity contribution in [2.24, 2.45) is 11.1 Å². The topological polar surface area (TPSA) is 133 Å². The molecule has 4 N–H and O–H groups in total. The molecule has 2 aromatic carbocycles. The van der Waals surface area contributed by atoms with Gasteiger partial charge in [0.15, 0.2) is 0 Å². The molecule has 2 heterocycles. The van der Waals surface area contributed by atoms with E-state index in [1.165, 1.54) is 0 Å². The summed E-state index contributed by atoms with van der Waals surface area (Å²) in [6.07, 6.45) is 2.09. The largest absolute Gasteiger partial charge is 0.475 e. The number of fused-ring (bicyclic) bond motifs is 1. The fraction of sp³-hybridized carbons (Fsp3) is 0.357. The van der Waals surface area contributed by atoms with Crippen molar-refractivity contribution in [3.05, 3.63) is 78.1 Å². The van der Waals surface area contributed by atoms with Crippen LogP contribution < -0.4 is 10.6 Å². The van der Waals surface area contributed by atoms with Gasteiger partial charge in [0.05, 0.1) is 18.2 Å². The fourth-order valence-corrected chi connectivity index (χ4v) is 4.79. The van der Waals surface area contributed by atoms with Crippen molar-refractivity contribution in [2.45, 2.75) is 51.1 Å². The normalized spacial score (nSPS) is 18.4. The van der Waals surface area contributed by atoms with Gasteiger partial charge in [-0.15, -0.1) is 0 Å². The van der Waals surface area contributed by atoms with Crippen molar-refractivity contribution in [3.8, 4) is 0 Å². The molecule has 3 aromatic rings. The number of oxime groups is 1. The third-order valence-electron chi connectivity index (χ3n) is 6.93. The van der Waals surface area contributed by atoms with Gasteiger partial charge in [-0.3, -0.25) is 14.6 Å². The van der Waals surface area contributed by atoms with Crippen LogP contribution in [0.2, 0.25) is 0 Å². The second-order valence-electron chi connectivity index (χ2n) is 10.1. The smallest absolute Gasteiger partial charge is 0.426 e. The zero-order valence-electron chi connectivity index (χ0n) is 21.8. The molecule has 1 aromatic heterocycles. The first-order chi connectivity index (χ1) is 18.2. The van der Waals surface area contributed by atoms with Gasteiger partial charge >= 0.3 is 7.12 Å². The molecule has 0 saturated carbocycles. The number of nitrogens with one attached hydrogen (secondary N) is 2. The maximum atomic E-state index is 13.7. The molecule has 0 bridgehead atoms. The van der Waals surface area contributed by atoms with E-state index < -0.39 is 30.5 Å². The van der Waals surface area contributed by atoms with Crippen molar-refractivity contribution in [1.29, 1.82) is 0 Å². The summed E-state index contributed by atoms with van der Waals surface area (Å²) in [6, 6.07) is 18.8. The number of pyridine rings is 1. The van der Waals surface area contributed by atoms with Crippen molar-refractivity contribution in [3.63, 3.8) is 0 Å². The van der Waals surface area contributed by atoms with Crippen LogP contribution in [-0.4, -0.2) is 57.8 Å². The average Bonchev–Trinajstić information content (AvgIpc) is 3.36. The van der Waals surface area contributed by atoms with Gasteiger partial charge in [0.25, 0.3) is 11.8 Å². The standard InChI is InChI=1S/C28H33BN4O5/c1-18(2)15-24(29(36)37)32-27(35)28(19(3)20-9-5-4-6-10-20)16-22(33-38-28)17-31-26(34)25-23-12-8-7-11-21(23)13-14-30-25/h4-14,18-19,24,36-37H,15-17H2,1-3H3,(H,31,34)(H,32,35)/t19?,24-,28?/m0/s1. The maximum Gasteiger partial charge on any atom is 0.475 e. The minimum absolute atomic E-state index is 0.0678. The summed E-state index contributed by atoms with van der Waals surface area (Å²) in [7, 11) is -1.72. The lowest BCUT2D eigenvalue weighted by Gasteiger charge is -2.33. The van der Waals surface area contributed by atoms with E-state index in [4.69, 9.17) is 4.84 Å². The molecule has 0 aliphatic carbocycles. The first-order valence-electron chi connectivity index (χ1n) is 12.8. The second kappa shape index (κ2) is 11.7. The van der Waals surface area contributed by atoms with E-state index >= 15 is 0 Å². The fourth-order valence-electron chi connectivity index (χ4n) is 4.79. The molecular weight excluding hydrogens is 483 g/mol. The lowest BCUT2D eigenvalue weighted by molar-refractivity contribution is -0.147. The molecule has 2 amide bonds.